The van der Waals surface area contributed by atoms with Crippen LogP contribution in [-0.2, 0) is 6.42 Å². The molecule has 0 bridgehead atoms. The van der Waals surface area contributed by atoms with E-state index in [-0.39, 0.29) is 6.04 Å². The van der Waals surface area contributed by atoms with E-state index in [2.05, 4.69) is 46.3 Å². The van der Waals surface area contributed by atoms with Crippen LogP contribution in [0.15, 0.2) is 22.9 Å². The maximum Gasteiger partial charge on any atom is 0.147 e. The molecule has 21 heavy (non-hydrogen) atoms. The van der Waals surface area contributed by atoms with E-state index in [1.807, 2.05) is 0 Å². The van der Waals surface area contributed by atoms with E-state index in [0.29, 0.717) is 21.7 Å². The fourth-order valence-electron chi connectivity index (χ4n) is 1.98. The molecule has 0 saturated heterocycles. The third kappa shape index (κ3) is 4.77. The molecule has 0 aromatic carbocycles. The van der Waals surface area contributed by atoms with E-state index in [1.54, 1.807) is 17.4 Å². The molecule has 0 amide bonds. The third-order valence-corrected chi connectivity index (χ3v) is 4.29. The molecule has 114 valence electrons. The molecule has 2 aromatic rings. The van der Waals surface area contributed by atoms with E-state index in [1.165, 1.54) is 5.56 Å². The summed E-state index contributed by atoms with van der Waals surface area (Å²) in [6, 6.07) is 4.10. The molecule has 6 heteroatoms. The van der Waals surface area contributed by atoms with Crippen LogP contribution < -0.4 is 10.6 Å². The van der Waals surface area contributed by atoms with Gasteiger partial charge in [0.25, 0.3) is 0 Å². The summed E-state index contributed by atoms with van der Waals surface area (Å²) in [5.74, 6) is 1.34. The van der Waals surface area contributed by atoms with Gasteiger partial charge in [0.1, 0.15) is 11.6 Å². The molecular formula is C15H19Cl2N3S. The lowest BCUT2D eigenvalue weighted by molar-refractivity contribution is 0.787. The molecule has 1 atom stereocenters. The Kier molecular flexibility index (Phi) is 6.15. The SMILES string of the molecule is CCCNc1nc(NC(C)Cc2ccsc2)c(Cl)cc1Cl. The quantitative estimate of drug-likeness (QED) is 0.714. The maximum atomic E-state index is 6.23. The molecule has 2 aromatic heterocycles. The van der Waals surface area contributed by atoms with Gasteiger partial charge in [-0.25, -0.2) is 4.98 Å². The van der Waals surface area contributed by atoms with E-state index in [4.69, 9.17) is 23.2 Å². The topological polar surface area (TPSA) is 37.0 Å². The zero-order valence-electron chi connectivity index (χ0n) is 12.1. The minimum absolute atomic E-state index is 0.241. The molecule has 2 N–H and O–H groups in total. The second-order valence-corrected chi connectivity index (χ2v) is 6.55. The van der Waals surface area contributed by atoms with Gasteiger partial charge in [-0.1, -0.05) is 30.1 Å². The Balaban J connectivity index is 2.07. The average molecular weight is 344 g/mol. The monoisotopic (exact) mass is 343 g/mol. The van der Waals surface area contributed by atoms with Gasteiger partial charge < -0.3 is 10.6 Å². The molecule has 0 fully saturated rings. The summed E-state index contributed by atoms with van der Waals surface area (Å²) in [4.78, 5) is 4.50. The number of hydrogen-bond donors (Lipinski definition) is 2. The smallest absolute Gasteiger partial charge is 0.147 e. The van der Waals surface area contributed by atoms with Crippen LogP contribution in [0, 0.1) is 0 Å². The number of aromatic nitrogens is 1. The van der Waals surface area contributed by atoms with Crippen LogP contribution in [0.3, 0.4) is 0 Å². The van der Waals surface area contributed by atoms with Crippen molar-refractivity contribution < 1.29 is 0 Å². The van der Waals surface area contributed by atoms with Gasteiger partial charge in [-0.15, -0.1) is 0 Å². The van der Waals surface area contributed by atoms with Crippen molar-refractivity contribution in [3.8, 4) is 0 Å². The Labute approximate surface area is 139 Å². The van der Waals surface area contributed by atoms with Crippen LogP contribution in [0.1, 0.15) is 25.8 Å². The Morgan fingerprint density at radius 3 is 2.71 bits per heavy atom. The number of nitrogens with one attached hydrogen (secondary N) is 2. The molecule has 0 aliphatic heterocycles. The normalized spacial score (nSPS) is 12.2. The fourth-order valence-corrected chi connectivity index (χ4v) is 3.14. The third-order valence-electron chi connectivity index (χ3n) is 2.98. The molecule has 0 aliphatic rings. The predicted molar refractivity (Wildman–Crippen MR) is 94.1 cm³/mol. The summed E-state index contributed by atoms with van der Waals surface area (Å²) >= 11 is 14.1. The Morgan fingerprint density at radius 2 is 2.05 bits per heavy atom. The molecule has 2 rings (SSSR count). The van der Waals surface area contributed by atoms with Gasteiger partial charge in [-0.2, -0.15) is 11.3 Å². The van der Waals surface area contributed by atoms with E-state index in [9.17, 15) is 0 Å². The predicted octanol–water partition coefficient (Wildman–Crippen LogP) is 5.31. The molecule has 0 radical (unpaired) electrons. The lowest BCUT2D eigenvalue weighted by Gasteiger charge is -2.17. The summed E-state index contributed by atoms with van der Waals surface area (Å²) in [6.07, 6.45) is 1.94. The number of pyridine rings is 1. The Bertz CT molecular complexity index is 573. The largest absolute Gasteiger partial charge is 0.369 e. The zero-order valence-corrected chi connectivity index (χ0v) is 14.4. The minimum Gasteiger partial charge on any atom is -0.369 e. The fraction of sp³-hybridized carbons (Fsp3) is 0.400. The number of rotatable bonds is 7. The summed E-state index contributed by atoms with van der Waals surface area (Å²) in [5, 5.41) is 11.9. The van der Waals surface area contributed by atoms with Crippen LogP contribution in [0.4, 0.5) is 11.6 Å². The summed E-state index contributed by atoms with van der Waals surface area (Å²) < 4.78 is 0. The molecule has 2 heterocycles. The van der Waals surface area contributed by atoms with E-state index >= 15 is 0 Å². The first-order valence-corrected chi connectivity index (χ1v) is 8.67. The highest BCUT2D eigenvalue weighted by molar-refractivity contribution is 7.07. The van der Waals surface area contributed by atoms with Crippen LogP contribution in [0.25, 0.3) is 0 Å². The lowest BCUT2D eigenvalue weighted by Crippen LogP contribution is -2.19. The Hall–Kier alpha value is -0.970. The first-order valence-electron chi connectivity index (χ1n) is 6.97. The highest BCUT2D eigenvalue weighted by Crippen LogP contribution is 2.29. The highest BCUT2D eigenvalue weighted by atomic mass is 35.5. The summed E-state index contributed by atoms with van der Waals surface area (Å²) in [7, 11) is 0. The van der Waals surface area contributed by atoms with Crippen molar-refractivity contribution in [3.63, 3.8) is 0 Å². The van der Waals surface area contributed by atoms with Gasteiger partial charge in [0.05, 0.1) is 10.0 Å². The summed E-state index contributed by atoms with van der Waals surface area (Å²) in [5.41, 5.74) is 1.31. The van der Waals surface area contributed by atoms with Crippen LogP contribution in [0.5, 0.6) is 0 Å². The molecule has 0 saturated carbocycles. The first-order chi connectivity index (χ1) is 10.1. The number of nitrogens with zero attached hydrogens (tertiary/aromatic N) is 1. The van der Waals surface area contributed by atoms with Gasteiger partial charge in [-0.3, -0.25) is 0 Å². The number of thiophene rings is 1. The second-order valence-electron chi connectivity index (χ2n) is 4.96. The Morgan fingerprint density at radius 1 is 1.29 bits per heavy atom. The first kappa shape index (κ1) is 16.4. The molecule has 0 spiro atoms. The molecule has 1 unspecified atom stereocenters. The zero-order chi connectivity index (χ0) is 15.2. The number of halogens is 2. The molecule has 3 nitrogen and oxygen atoms in total. The standard InChI is InChI=1S/C15H19Cl2N3S/c1-3-5-18-14-12(16)8-13(17)15(20-14)19-10(2)7-11-4-6-21-9-11/h4,6,8-10H,3,5,7H2,1-2H3,(H2,18,19,20). The van der Waals surface area contributed by atoms with Crippen LogP contribution in [-0.4, -0.2) is 17.6 Å². The van der Waals surface area contributed by atoms with Crippen molar-refractivity contribution in [1.29, 1.82) is 0 Å². The van der Waals surface area contributed by atoms with Gasteiger partial charge in [0.15, 0.2) is 0 Å². The van der Waals surface area contributed by atoms with Crippen molar-refractivity contribution in [2.75, 3.05) is 17.2 Å². The van der Waals surface area contributed by atoms with Crippen molar-refractivity contribution >= 4 is 46.2 Å². The van der Waals surface area contributed by atoms with Gasteiger partial charge in [-0.05, 0) is 48.2 Å². The van der Waals surface area contributed by atoms with Crippen molar-refractivity contribution in [3.05, 3.63) is 38.5 Å². The van der Waals surface area contributed by atoms with E-state index < -0.39 is 0 Å². The van der Waals surface area contributed by atoms with Crippen molar-refractivity contribution in [2.45, 2.75) is 32.7 Å². The van der Waals surface area contributed by atoms with Gasteiger partial charge >= 0.3 is 0 Å². The minimum atomic E-state index is 0.241. The van der Waals surface area contributed by atoms with Gasteiger partial charge in [0.2, 0.25) is 0 Å². The van der Waals surface area contributed by atoms with Crippen LogP contribution >= 0.6 is 34.5 Å². The lowest BCUT2D eigenvalue weighted by atomic mass is 10.1. The van der Waals surface area contributed by atoms with Crippen molar-refractivity contribution in [1.82, 2.24) is 4.98 Å². The molecular weight excluding hydrogens is 325 g/mol. The van der Waals surface area contributed by atoms with E-state index in [0.717, 1.165) is 19.4 Å². The highest BCUT2D eigenvalue weighted by Gasteiger charge is 2.12. The second kappa shape index (κ2) is 7.87. The van der Waals surface area contributed by atoms with Crippen LogP contribution in [0.2, 0.25) is 10.0 Å². The van der Waals surface area contributed by atoms with Gasteiger partial charge in [0, 0.05) is 12.6 Å². The summed E-state index contributed by atoms with van der Waals surface area (Å²) in [6.45, 7) is 5.04. The van der Waals surface area contributed by atoms with Crippen molar-refractivity contribution in [2.24, 2.45) is 0 Å². The number of hydrogen-bond acceptors (Lipinski definition) is 4. The number of anilines is 2. The molecule has 0 aliphatic carbocycles. The average Bonchev–Trinajstić information content (AvgIpc) is 2.93. The maximum absolute atomic E-state index is 6.23.